The number of hydrogen-bond donors (Lipinski definition) is 2. The summed E-state index contributed by atoms with van der Waals surface area (Å²) in [6, 6.07) is 9.26. The van der Waals surface area contributed by atoms with Gasteiger partial charge in [0.05, 0.1) is 6.10 Å². The van der Waals surface area contributed by atoms with E-state index in [4.69, 9.17) is 0 Å². The summed E-state index contributed by atoms with van der Waals surface area (Å²) in [7, 11) is 0. The van der Waals surface area contributed by atoms with E-state index in [0.29, 0.717) is 6.42 Å². The smallest absolute Gasteiger partial charge is 0.160 e. The molecule has 2 N–H and O–H groups in total. The highest BCUT2D eigenvalue weighted by molar-refractivity contribution is 5.80. The number of aliphatic hydroxyl groups is 2. The Morgan fingerprint density at radius 3 is 2.36 bits per heavy atom. The zero-order chi connectivity index (χ0) is 10.6. The Hall–Kier alpha value is -1.19. The van der Waals surface area contributed by atoms with Gasteiger partial charge in [0.2, 0.25) is 0 Å². The van der Waals surface area contributed by atoms with Crippen LogP contribution in [0.2, 0.25) is 0 Å². The number of benzene rings is 1. The van der Waals surface area contributed by atoms with Gasteiger partial charge in [0, 0.05) is 6.42 Å². The molecule has 1 rings (SSSR count). The summed E-state index contributed by atoms with van der Waals surface area (Å²) in [5.41, 5.74) is 0.903. The number of hydrogen-bond acceptors (Lipinski definition) is 3. The molecule has 0 saturated heterocycles. The molecule has 0 amide bonds. The average molecular weight is 194 g/mol. The van der Waals surface area contributed by atoms with Gasteiger partial charge in [-0.1, -0.05) is 30.3 Å². The minimum Gasteiger partial charge on any atom is -0.390 e. The zero-order valence-electron chi connectivity index (χ0n) is 8.05. The van der Waals surface area contributed by atoms with Gasteiger partial charge in [0.25, 0.3) is 0 Å². The second kappa shape index (κ2) is 4.88. The molecule has 0 aromatic heterocycles. The van der Waals surface area contributed by atoms with Crippen LogP contribution < -0.4 is 0 Å². The molecule has 0 bridgehead atoms. The summed E-state index contributed by atoms with van der Waals surface area (Å²) >= 11 is 0. The normalized spacial score (nSPS) is 14.8. The Balaban J connectivity index is 2.57. The second-order valence-corrected chi connectivity index (χ2v) is 3.31. The van der Waals surface area contributed by atoms with Gasteiger partial charge in [-0.2, -0.15) is 0 Å². The summed E-state index contributed by atoms with van der Waals surface area (Å²) in [5.74, 6) is -0.409. The third-order valence-corrected chi connectivity index (χ3v) is 2.07. The molecule has 0 aliphatic carbocycles. The van der Waals surface area contributed by atoms with Gasteiger partial charge in [-0.05, 0) is 12.5 Å². The molecule has 0 radical (unpaired) electrons. The van der Waals surface area contributed by atoms with Gasteiger partial charge in [0.15, 0.2) is 5.78 Å². The summed E-state index contributed by atoms with van der Waals surface area (Å²) in [6.45, 7) is 1.26. The Morgan fingerprint density at radius 2 is 1.86 bits per heavy atom. The van der Waals surface area contributed by atoms with E-state index in [-0.39, 0.29) is 0 Å². The van der Waals surface area contributed by atoms with E-state index in [2.05, 4.69) is 0 Å². The monoisotopic (exact) mass is 194 g/mol. The van der Waals surface area contributed by atoms with Crippen molar-refractivity contribution in [3.05, 3.63) is 35.9 Å². The molecule has 3 heteroatoms. The molecule has 2 unspecified atom stereocenters. The van der Waals surface area contributed by atoms with Gasteiger partial charge in [0.1, 0.15) is 6.10 Å². The largest absolute Gasteiger partial charge is 0.390 e. The maximum Gasteiger partial charge on any atom is 0.160 e. The van der Waals surface area contributed by atoms with Crippen LogP contribution in [-0.2, 0) is 11.2 Å². The Bertz CT molecular complexity index is 295. The van der Waals surface area contributed by atoms with Gasteiger partial charge in [-0.15, -0.1) is 0 Å². The van der Waals surface area contributed by atoms with Crippen LogP contribution in [0.15, 0.2) is 30.3 Å². The van der Waals surface area contributed by atoms with E-state index in [1.165, 1.54) is 6.92 Å². The molecule has 0 spiro atoms. The van der Waals surface area contributed by atoms with Crippen molar-refractivity contribution in [2.45, 2.75) is 25.6 Å². The average Bonchev–Trinajstić information content (AvgIpc) is 2.18. The number of carbonyl (C=O) groups is 1. The molecule has 0 heterocycles. The topological polar surface area (TPSA) is 57.5 Å². The fourth-order valence-corrected chi connectivity index (χ4v) is 1.24. The van der Waals surface area contributed by atoms with E-state index in [1.807, 2.05) is 30.3 Å². The highest BCUT2D eigenvalue weighted by atomic mass is 16.3. The quantitative estimate of drug-likeness (QED) is 0.735. The molecule has 76 valence electrons. The minimum atomic E-state index is -1.28. The summed E-state index contributed by atoms with van der Waals surface area (Å²) in [5, 5.41) is 18.7. The fraction of sp³-hybridized carbons (Fsp3) is 0.364. The summed E-state index contributed by atoms with van der Waals surface area (Å²) in [6.07, 6.45) is -2.01. The van der Waals surface area contributed by atoms with Crippen LogP contribution in [0, 0.1) is 0 Å². The molecule has 1 aromatic carbocycles. The lowest BCUT2D eigenvalue weighted by Crippen LogP contribution is -2.33. The van der Waals surface area contributed by atoms with Gasteiger partial charge >= 0.3 is 0 Å². The van der Waals surface area contributed by atoms with Gasteiger partial charge < -0.3 is 10.2 Å². The van der Waals surface area contributed by atoms with E-state index in [0.717, 1.165) is 5.56 Å². The van der Waals surface area contributed by atoms with Crippen LogP contribution in [0.4, 0.5) is 0 Å². The van der Waals surface area contributed by atoms with Gasteiger partial charge in [-0.3, -0.25) is 4.79 Å². The molecule has 1 aromatic rings. The predicted molar refractivity (Wildman–Crippen MR) is 52.8 cm³/mol. The number of rotatable bonds is 4. The number of ketones is 1. The molecule has 14 heavy (non-hydrogen) atoms. The third-order valence-electron chi connectivity index (χ3n) is 2.07. The van der Waals surface area contributed by atoms with Crippen molar-refractivity contribution in [2.75, 3.05) is 0 Å². The first-order chi connectivity index (χ1) is 6.61. The van der Waals surface area contributed by atoms with E-state index < -0.39 is 18.0 Å². The van der Waals surface area contributed by atoms with Crippen LogP contribution in [0.3, 0.4) is 0 Å². The van der Waals surface area contributed by atoms with Crippen LogP contribution >= 0.6 is 0 Å². The molecule has 2 atom stereocenters. The molecule has 0 saturated carbocycles. The lowest BCUT2D eigenvalue weighted by Gasteiger charge is -2.14. The lowest BCUT2D eigenvalue weighted by atomic mass is 10.0. The van der Waals surface area contributed by atoms with Crippen molar-refractivity contribution in [1.29, 1.82) is 0 Å². The fourth-order valence-electron chi connectivity index (χ4n) is 1.24. The highest BCUT2D eigenvalue weighted by Crippen LogP contribution is 2.06. The lowest BCUT2D eigenvalue weighted by molar-refractivity contribution is -0.130. The van der Waals surface area contributed by atoms with Crippen molar-refractivity contribution >= 4 is 5.78 Å². The first kappa shape index (κ1) is 10.9. The van der Waals surface area contributed by atoms with Crippen molar-refractivity contribution < 1.29 is 15.0 Å². The zero-order valence-corrected chi connectivity index (χ0v) is 8.05. The molecule has 3 nitrogen and oxygen atoms in total. The molecule has 0 aliphatic heterocycles. The first-order valence-corrected chi connectivity index (χ1v) is 4.52. The van der Waals surface area contributed by atoms with Crippen LogP contribution in [0.1, 0.15) is 12.5 Å². The Morgan fingerprint density at radius 1 is 1.29 bits per heavy atom. The number of aliphatic hydroxyl groups excluding tert-OH is 2. The second-order valence-electron chi connectivity index (χ2n) is 3.31. The Labute approximate surface area is 83.0 Å². The first-order valence-electron chi connectivity index (χ1n) is 4.52. The van der Waals surface area contributed by atoms with E-state index >= 15 is 0 Å². The minimum absolute atomic E-state index is 0.293. The summed E-state index contributed by atoms with van der Waals surface area (Å²) < 4.78 is 0. The SMILES string of the molecule is CC(=O)C(O)C(O)Cc1ccccc1. The molecule has 0 aliphatic rings. The number of carbonyl (C=O) groups excluding carboxylic acids is 1. The van der Waals surface area contributed by atoms with Crippen molar-refractivity contribution in [3.63, 3.8) is 0 Å². The van der Waals surface area contributed by atoms with Crippen LogP contribution in [0.25, 0.3) is 0 Å². The maximum absolute atomic E-state index is 10.8. The third kappa shape index (κ3) is 2.94. The van der Waals surface area contributed by atoms with Crippen molar-refractivity contribution in [2.24, 2.45) is 0 Å². The number of Topliss-reactive ketones (excluding diaryl/α,β-unsaturated/α-hetero) is 1. The van der Waals surface area contributed by atoms with E-state index in [1.54, 1.807) is 0 Å². The molecule has 0 fully saturated rings. The Kier molecular flexibility index (Phi) is 3.80. The van der Waals surface area contributed by atoms with Crippen molar-refractivity contribution in [1.82, 2.24) is 0 Å². The van der Waals surface area contributed by atoms with Crippen molar-refractivity contribution in [3.8, 4) is 0 Å². The predicted octanol–water partition coefficient (Wildman–Crippen LogP) is 0.540. The van der Waals surface area contributed by atoms with E-state index in [9.17, 15) is 15.0 Å². The molecular formula is C11H14O3. The summed E-state index contributed by atoms with van der Waals surface area (Å²) in [4.78, 5) is 10.8. The standard InChI is InChI=1S/C11H14O3/c1-8(12)11(14)10(13)7-9-5-3-2-4-6-9/h2-6,10-11,13-14H,7H2,1H3. The highest BCUT2D eigenvalue weighted by Gasteiger charge is 2.20. The maximum atomic E-state index is 10.8. The van der Waals surface area contributed by atoms with Gasteiger partial charge in [-0.25, -0.2) is 0 Å². The van der Waals surface area contributed by atoms with Crippen LogP contribution in [0.5, 0.6) is 0 Å². The van der Waals surface area contributed by atoms with Crippen LogP contribution in [-0.4, -0.2) is 28.2 Å². The molecular weight excluding hydrogens is 180 g/mol.